The minimum Gasteiger partial charge on any atom is -0.480 e. The first-order chi connectivity index (χ1) is 17.9. The van der Waals surface area contributed by atoms with Crippen LogP contribution in [0.5, 0.6) is 0 Å². The number of unbranched alkanes of at least 4 members (excludes halogenated alkanes) is 1. The number of methoxy groups -OCH3 is 1. The lowest BCUT2D eigenvalue weighted by atomic mass is 10.1. The van der Waals surface area contributed by atoms with Crippen molar-refractivity contribution in [3.8, 4) is 0 Å². The van der Waals surface area contributed by atoms with Gasteiger partial charge >= 0.3 is 5.97 Å². The van der Waals surface area contributed by atoms with Crippen LogP contribution in [-0.2, 0) is 22.4 Å². The summed E-state index contributed by atoms with van der Waals surface area (Å²) in [6.45, 7) is 1.42. The predicted octanol–water partition coefficient (Wildman–Crippen LogP) is 2.86. The van der Waals surface area contributed by atoms with Crippen LogP contribution < -0.4 is 10.6 Å². The number of fused-ring (bicyclic) bond motifs is 1. The van der Waals surface area contributed by atoms with Gasteiger partial charge in [-0.15, -0.1) is 0 Å². The van der Waals surface area contributed by atoms with Crippen molar-refractivity contribution >= 4 is 17.7 Å². The molecule has 0 spiro atoms. The normalized spacial score (nSPS) is 14.5. The molecule has 1 aliphatic heterocycles. The number of hydrogen-bond acceptors (Lipinski definition) is 7. The van der Waals surface area contributed by atoms with Crippen LogP contribution in [0.2, 0.25) is 0 Å². The third kappa shape index (κ3) is 8.71. The van der Waals surface area contributed by atoms with E-state index >= 15 is 0 Å². The molecule has 202 valence electrons. The molecule has 1 amide bonds. The van der Waals surface area contributed by atoms with E-state index < -0.39 is 42.2 Å². The monoisotopic (exact) mass is 519 g/mol. The average Bonchev–Trinajstić information content (AvgIpc) is 2.91. The molecule has 3 N–H and O–H groups in total. The molecular weight excluding hydrogens is 484 g/mol. The maximum absolute atomic E-state index is 13.9. The summed E-state index contributed by atoms with van der Waals surface area (Å²) in [6.07, 6.45) is 5.25. The molecule has 1 aliphatic rings. The third-order valence-corrected chi connectivity index (χ3v) is 6.39. The summed E-state index contributed by atoms with van der Waals surface area (Å²) in [4.78, 5) is 34.5. The van der Waals surface area contributed by atoms with E-state index in [-0.39, 0.29) is 19.5 Å². The van der Waals surface area contributed by atoms with Gasteiger partial charge in [-0.25, -0.2) is 23.5 Å². The van der Waals surface area contributed by atoms with Crippen LogP contribution >= 0.6 is 0 Å². The number of carbonyl (C=O) groups is 2. The number of anilines is 1. The molecule has 0 saturated carbocycles. The number of alkyl halides is 1. The van der Waals surface area contributed by atoms with Gasteiger partial charge in [0.1, 0.15) is 18.5 Å². The number of nitrogens with one attached hydrogen (secondary N) is 2. The Morgan fingerprint density at radius 1 is 1.27 bits per heavy atom. The van der Waals surface area contributed by atoms with Crippen molar-refractivity contribution in [1.29, 1.82) is 0 Å². The van der Waals surface area contributed by atoms with Crippen LogP contribution in [0.4, 0.5) is 14.6 Å². The highest BCUT2D eigenvalue weighted by Gasteiger charge is 2.24. The van der Waals surface area contributed by atoms with Gasteiger partial charge in [-0.1, -0.05) is 6.07 Å². The molecule has 9 nitrogen and oxygen atoms in total. The molecule has 0 saturated heterocycles. The van der Waals surface area contributed by atoms with Gasteiger partial charge in [0.15, 0.2) is 11.5 Å². The zero-order chi connectivity index (χ0) is 26.6. The van der Waals surface area contributed by atoms with Crippen LogP contribution in [-0.4, -0.2) is 84.0 Å². The van der Waals surface area contributed by atoms with Crippen molar-refractivity contribution in [2.24, 2.45) is 0 Å². The topological polar surface area (TPSA) is 117 Å². The summed E-state index contributed by atoms with van der Waals surface area (Å²) >= 11 is 0. The van der Waals surface area contributed by atoms with E-state index in [9.17, 15) is 23.5 Å². The number of rotatable bonds is 15. The molecule has 0 aliphatic carbocycles. The molecule has 0 bridgehead atoms. The van der Waals surface area contributed by atoms with Crippen molar-refractivity contribution in [3.63, 3.8) is 0 Å². The summed E-state index contributed by atoms with van der Waals surface area (Å²) in [5.41, 5.74) is 1.78. The number of ether oxygens (including phenoxy) is 1. The molecule has 3 rings (SSSR count). The van der Waals surface area contributed by atoms with Crippen LogP contribution in [0.15, 0.2) is 30.5 Å². The van der Waals surface area contributed by atoms with Crippen LogP contribution in [0, 0.1) is 5.82 Å². The molecule has 0 unspecified atom stereocenters. The fourth-order valence-corrected chi connectivity index (χ4v) is 4.27. The first-order valence-electron chi connectivity index (χ1n) is 12.6. The Bertz CT molecular complexity index is 1040. The van der Waals surface area contributed by atoms with Crippen molar-refractivity contribution in [1.82, 2.24) is 20.2 Å². The van der Waals surface area contributed by atoms with Gasteiger partial charge in [-0.2, -0.15) is 0 Å². The number of carboxylic acids is 1. The van der Waals surface area contributed by atoms with E-state index in [1.807, 2.05) is 4.90 Å². The van der Waals surface area contributed by atoms with E-state index in [0.717, 1.165) is 56.2 Å². The zero-order valence-corrected chi connectivity index (χ0v) is 21.1. The van der Waals surface area contributed by atoms with Crippen LogP contribution in [0.3, 0.4) is 0 Å². The maximum Gasteiger partial charge on any atom is 0.326 e. The minimum atomic E-state index is -1.25. The molecule has 37 heavy (non-hydrogen) atoms. The van der Waals surface area contributed by atoms with Crippen molar-refractivity contribution in [2.45, 2.75) is 50.7 Å². The summed E-state index contributed by atoms with van der Waals surface area (Å²) < 4.78 is 32.4. The first kappa shape index (κ1) is 28.4. The van der Waals surface area contributed by atoms with Crippen molar-refractivity contribution in [2.75, 3.05) is 45.3 Å². The number of aliphatic carboxylic acids is 1. The molecule has 2 atom stereocenters. The second-order valence-corrected chi connectivity index (χ2v) is 9.10. The molecule has 11 heteroatoms. The van der Waals surface area contributed by atoms with E-state index in [4.69, 9.17) is 9.72 Å². The lowest BCUT2D eigenvalue weighted by molar-refractivity contribution is -0.139. The standard InChI is InChI=1S/C26H35F2N5O4/c1-37-20(16-27)17-33(14-3-2-7-19-10-9-18-6-4-13-30-24(18)31-19)15-11-22(26(35)36)32-25(34)23-21(28)8-5-12-29-23/h5,8-10,12,20,22H,2-4,6-7,11,13-17H2,1H3,(H,30,31)(H,32,34)(H,35,36)/t20-,22+/m1/s1. The van der Waals surface area contributed by atoms with Gasteiger partial charge in [0.25, 0.3) is 5.91 Å². The van der Waals surface area contributed by atoms with E-state index in [1.165, 1.54) is 24.9 Å². The lowest BCUT2D eigenvalue weighted by Gasteiger charge is -2.27. The lowest BCUT2D eigenvalue weighted by Crippen LogP contribution is -2.45. The molecule has 2 aromatic heterocycles. The van der Waals surface area contributed by atoms with Crippen LogP contribution in [0.25, 0.3) is 0 Å². The number of nitrogens with zero attached hydrogens (tertiary/aromatic N) is 3. The maximum atomic E-state index is 13.9. The Morgan fingerprint density at radius 2 is 2.11 bits per heavy atom. The van der Waals surface area contributed by atoms with E-state index in [2.05, 4.69) is 27.8 Å². The smallest absolute Gasteiger partial charge is 0.326 e. The second-order valence-electron chi connectivity index (χ2n) is 9.10. The molecule has 0 aromatic carbocycles. The molecule has 0 fully saturated rings. The summed E-state index contributed by atoms with van der Waals surface area (Å²) in [5.74, 6) is -2.02. The number of hydrogen-bond donors (Lipinski definition) is 3. The highest BCUT2D eigenvalue weighted by molar-refractivity contribution is 5.95. The summed E-state index contributed by atoms with van der Waals surface area (Å²) in [5, 5.41) is 15.3. The number of aromatic nitrogens is 2. The molecule has 2 aromatic rings. The predicted molar refractivity (Wildman–Crippen MR) is 135 cm³/mol. The SMILES string of the molecule is CO[C@H](CF)CN(CCCCc1ccc2c(n1)NCCC2)CC[C@H](NC(=O)c1ncccc1F)C(=O)O. The fraction of sp³-hybridized carbons (Fsp3) is 0.538. The summed E-state index contributed by atoms with van der Waals surface area (Å²) in [7, 11) is 1.43. The van der Waals surface area contributed by atoms with Gasteiger partial charge in [0.05, 0.1) is 6.10 Å². The van der Waals surface area contributed by atoms with E-state index in [1.54, 1.807) is 0 Å². The Balaban J connectivity index is 1.54. The average molecular weight is 520 g/mol. The number of carbonyl (C=O) groups excluding carboxylic acids is 1. The number of aryl methyl sites for hydroxylation is 2. The van der Waals surface area contributed by atoms with Gasteiger partial charge in [0, 0.05) is 38.6 Å². The highest BCUT2D eigenvalue weighted by atomic mass is 19.1. The number of halogens is 2. The Kier molecular flexibility index (Phi) is 11.2. The van der Waals surface area contributed by atoms with Crippen molar-refractivity contribution in [3.05, 3.63) is 53.2 Å². The van der Waals surface area contributed by atoms with Gasteiger partial charge in [0.2, 0.25) is 0 Å². The Labute approximate surface area is 215 Å². The minimum absolute atomic E-state index is 0.0519. The second kappa shape index (κ2) is 14.5. The van der Waals surface area contributed by atoms with Crippen LogP contribution in [0.1, 0.15) is 47.4 Å². The largest absolute Gasteiger partial charge is 0.480 e. The summed E-state index contributed by atoms with van der Waals surface area (Å²) in [6, 6.07) is 5.34. The molecule has 3 heterocycles. The number of pyridine rings is 2. The van der Waals surface area contributed by atoms with Crippen molar-refractivity contribution < 1.29 is 28.2 Å². The molecular formula is C26H35F2N5O4. The Morgan fingerprint density at radius 3 is 2.84 bits per heavy atom. The third-order valence-electron chi connectivity index (χ3n) is 6.39. The first-order valence-corrected chi connectivity index (χ1v) is 12.6. The molecule has 0 radical (unpaired) electrons. The van der Waals surface area contributed by atoms with Gasteiger partial charge in [-0.05, 0) is 68.8 Å². The quantitative estimate of drug-likeness (QED) is 0.308. The number of carboxylic acid groups (broad SMARTS) is 1. The van der Waals surface area contributed by atoms with Gasteiger partial charge in [-0.3, -0.25) is 4.79 Å². The fourth-order valence-electron chi connectivity index (χ4n) is 4.27. The van der Waals surface area contributed by atoms with E-state index in [0.29, 0.717) is 6.54 Å². The van der Waals surface area contributed by atoms with Gasteiger partial charge < -0.3 is 25.4 Å². The Hall–Kier alpha value is -3.18. The zero-order valence-electron chi connectivity index (χ0n) is 21.1. The highest BCUT2D eigenvalue weighted by Crippen LogP contribution is 2.20. The number of amides is 1.